The van der Waals surface area contributed by atoms with Gasteiger partial charge in [0, 0.05) is 22.6 Å². The van der Waals surface area contributed by atoms with Crippen LogP contribution < -0.4 is 5.32 Å². The van der Waals surface area contributed by atoms with E-state index in [0.29, 0.717) is 30.2 Å². The number of nitrogens with zero attached hydrogens (tertiary/aromatic N) is 2. The number of aromatic nitrogens is 2. The van der Waals surface area contributed by atoms with Gasteiger partial charge in [-0.15, -0.1) is 0 Å². The molecule has 1 aromatic carbocycles. The topological polar surface area (TPSA) is 75.1 Å². The highest BCUT2D eigenvalue weighted by Crippen LogP contribution is 2.25. The third kappa shape index (κ3) is 3.13. The van der Waals surface area contributed by atoms with Gasteiger partial charge in [-0.05, 0) is 43.0 Å². The van der Waals surface area contributed by atoms with Crippen LogP contribution in [-0.4, -0.2) is 21.0 Å². The number of aryl methyl sites for hydroxylation is 1. The SMILES string of the molecule is O=C(O)C1CCc2nc(Nc3cccc(Cl)c3)ncc2C1. The first-order valence-corrected chi connectivity index (χ1v) is 7.10. The zero-order valence-corrected chi connectivity index (χ0v) is 12.0. The number of carbonyl (C=O) groups is 1. The summed E-state index contributed by atoms with van der Waals surface area (Å²) in [5.74, 6) is -0.570. The molecule has 1 heterocycles. The van der Waals surface area contributed by atoms with Crippen LogP contribution in [0.3, 0.4) is 0 Å². The van der Waals surface area contributed by atoms with Crippen molar-refractivity contribution in [1.29, 1.82) is 0 Å². The summed E-state index contributed by atoms with van der Waals surface area (Å²) in [6.45, 7) is 0. The molecule has 0 radical (unpaired) electrons. The number of nitrogens with one attached hydrogen (secondary N) is 1. The predicted molar refractivity (Wildman–Crippen MR) is 79.9 cm³/mol. The van der Waals surface area contributed by atoms with Crippen LogP contribution in [0, 0.1) is 5.92 Å². The average molecular weight is 304 g/mol. The summed E-state index contributed by atoms with van der Waals surface area (Å²) in [5.41, 5.74) is 2.67. The number of benzene rings is 1. The van der Waals surface area contributed by atoms with Crippen LogP contribution in [0.15, 0.2) is 30.5 Å². The first-order chi connectivity index (χ1) is 10.1. The van der Waals surface area contributed by atoms with Crippen molar-refractivity contribution >= 4 is 29.2 Å². The summed E-state index contributed by atoms with van der Waals surface area (Å²) < 4.78 is 0. The van der Waals surface area contributed by atoms with Gasteiger partial charge in [0.2, 0.25) is 5.95 Å². The molecule has 21 heavy (non-hydrogen) atoms. The fourth-order valence-corrected chi connectivity index (χ4v) is 2.66. The van der Waals surface area contributed by atoms with Gasteiger partial charge in [-0.25, -0.2) is 9.97 Å². The van der Waals surface area contributed by atoms with E-state index in [1.165, 1.54) is 0 Å². The summed E-state index contributed by atoms with van der Waals surface area (Å²) in [6, 6.07) is 7.33. The Labute approximate surface area is 127 Å². The molecular weight excluding hydrogens is 290 g/mol. The molecule has 1 atom stereocenters. The van der Waals surface area contributed by atoms with Gasteiger partial charge in [0.1, 0.15) is 0 Å². The number of halogens is 1. The Kier molecular flexibility index (Phi) is 3.75. The Bertz CT molecular complexity index is 690. The molecule has 1 aromatic heterocycles. The van der Waals surface area contributed by atoms with E-state index in [2.05, 4.69) is 15.3 Å². The van der Waals surface area contributed by atoms with E-state index in [1.54, 1.807) is 18.3 Å². The average Bonchev–Trinajstić information content (AvgIpc) is 2.46. The molecule has 108 valence electrons. The minimum atomic E-state index is -0.748. The smallest absolute Gasteiger partial charge is 0.306 e. The molecule has 1 unspecified atom stereocenters. The van der Waals surface area contributed by atoms with Gasteiger partial charge < -0.3 is 10.4 Å². The van der Waals surface area contributed by atoms with Gasteiger partial charge in [-0.3, -0.25) is 4.79 Å². The number of aliphatic carboxylic acids is 1. The summed E-state index contributed by atoms with van der Waals surface area (Å²) in [4.78, 5) is 19.8. The Morgan fingerprint density at radius 2 is 2.29 bits per heavy atom. The van der Waals surface area contributed by atoms with Crippen molar-refractivity contribution in [2.24, 2.45) is 5.92 Å². The van der Waals surface area contributed by atoms with E-state index in [9.17, 15) is 4.79 Å². The van der Waals surface area contributed by atoms with Crippen LogP contribution in [0.1, 0.15) is 17.7 Å². The van der Waals surface area contributed by atoms with Crippen LogP contribution >= 0.6 is 11.6 Å². The lowest BCUT2D eigenvalue weighted by Gasteiger charge is -2.20. The highest BCUT2D eigenvalue weighted by Gasteiger charge is 2.25. The van der Waals surface area contributed by atoms with Crippen molar-refractivity contribution in [2.45, 2.75) is 19.3 Å². The number of carboxylic acid groups (broad SMARTS) is 1. The van der Waals surface area contributed by atoms with E-state index < -0.39 is 5.97 Å². The molecule has 0 saturated carbocycles. The molecule has 0 saturated heterocycles. The Hall–Kier alpha value is -2.14. The highest BCUT2D eigenvalue weighted by molar-refractivity contribution is 6.30. The van der Waals surface area contributed by atoms with E-state index in [0.717, 1.165) is 16.9 Å². The second-order valence-electron chi connectivity index (χ2n) is 5.08. The second-order valence-corrected chi connectivity index (χ2v) is 5.52. The molecule has 0 spiro atoms. The van der Waals surface area contributed by atoms with Crippen molar-refractivity contribution in [3.8, 4) is 0 Å². The molecular formula is C15H14ClN3O2. The van der Waals surface area contributed by atoms with Gasteiger partial charge in [-0.1, -0.05) is 17.7 Å². The first kappa shape index (κ1) is 13.8. The molecule has 2 aromatic rings. The van der Waals surface area contributed by atoms with Crippen LogP contribution in [0.5, 0.6) is 0 Å². The number of anilines is 2. The minimum absolute atomic E-state index is 0.326. The van der Waals surface area contributed by atoms with Crippen molar-refractivity contribution in [3.63, 3.8) is 0 Å². The lowest BCUT2D eigenvalue weighted by molar-refractivity contribution is -0.142. The third-order valence-corrected chi connectivity index (χ3v) is 3.82. The van der Waals surface area contributed by atoms with Crippen molar-refractivity contribution < 1.29 is 9.90 Å². The fourth-order valence-electron chi connectivity index (χ4n) is 2.47. The maximum absolute atomic E-state index is 11.0. The van der Waals surface area contributed by atoms with Crippen LogP contribution in [-0.2, 0) is 17.6 Å². The monoisotopic (exact) mass is 303 g/mol. The molecule has 0 aliphatic heterocycles. The van der Waals surface area contributed by atoms with Gasteiger partial charge in [0.15, 0.2) is 0 Å². The molecule has 2 N–H and O–H groups in total. The zero-order valence-electron chi connectivity index (χ0n) is 11.2. The second kappa shape index (κ2) is 5.69. The highest BCUT2D eigenvalue weighted by atomic mass is 35.5. The Morgan fingerprint density at radius 3 is 3.05 bits per heavy atom. The molecule has 0 amide bonds. The quantitative estimate of drug-likeness (QED) is 0.911. The normalized spacial score (nSPS) is 17.1. The number of hydrogen-bond acceptors (Lipinski definition) is 4. The predicted octanol–water partition coefficient (Wildman–Crippen LogP) is 3.06. The van der Waals surface area contributed by atoms with E-state index >= 15 is 0 Å². The zero-order chi connectivity index (χ0) is 14.8. The van der Waals surface area contributed by atoms with E-state index in [1.807, 2.05) is 12.1 Å². The molecule has 1 aliphatic carbocycles. The molecule has 0 fully saturated rings. The van der Waals surface area contributed by atoms with Crippen molar-refractivity contribution in [3.05, 3.63) is 46.7 Å². The van der Waals surface area contributed by atoms with Crippen LogP contribution in [0.4, 0.5) is 11.6 Å². The molecule has 6 heteroatoms. The summed E-state index contributed by atoms with van der Waals surface area (Å²) in [7, 11) is 0. The number of hydrogen-bond donors (Lipinski definition) is 2. The summed E-state index contributed by atoms with van der Waals surface area (Å²) >= 11 is 5.94. The number of carboxylic acids is 1. The first-order valence-electron chi connectivity index (χ1n) is 6.72. The Balaban J connectivity index is 1.79. The van der Waals surface area contributed by atoms with Gasteiger partial charge in [-0.2, -0.15) is 0 Å². The van der Waals surface area contributed by atoms with Crippen molar-refractivity contribution in [1.82, 2.24) is 9.97 Å². The van der Waals surface area contributed by atoms with E-state index in [-0.39, 0.29) is 5.92 Å². The van der Waals surface area contributed by atoms with Crippen molar-refractivity contribution in [2.75, 3.05) is 5.32 Å². The molecule has 0 bridgehead atoms. The number of rotatable bonds is 3. The minimum Gasteiger partial charge on any atom is -0.481 e. The van der Waals surface area contributed by atoms with Gasteiger partial charge in [0.05, 0.1) is 5.92 Å². The van der Waals surface area contributed by atoms with Gasteiger partial charge in [0.25, 0.3) is 0 Å². The number of fused-ring (bicyclic) bond motifs is 1. The van der Waals surface area contributed by atoms with Crippen LogP contribution in [0.2, 0.25) is 5.02 Å². The Morgan fingerprint density at radius 1 is 1.43 bits per heavy atom. The van der Waals surface area contributed by atoms with Crippen LogP contribution in [0.25, 0.3) is 0 Å². The lowest BCUT2D eigenvalue weighted by Crippen LogP contribution is -2.23. The lowest BCUT2D eigenvalue weighted by atomic mass is 9.87. The summed E-state index contributed by atoms with van der Waals surface area (Å²) in [6.07, 6.45) is 3.50. The molecule has 5 nitrogen and oxygen atoms in total. The molecule has 1 aliphatic rings. The summed E-state index contributed by atoms with van der Waals surface area (Å²) in [5, 5.41) is 12.8. The van der Waals surface area contributed by atoms with E-state index in [4.69, 9.17) is 16.7 Å². The van der Waals surface area contributed by atoms with Gasteiger partial charge >= 0.3 is 5.97 Å². The standard InChI is InChI=1S/C15H14ClN3O2/c16-11-2-1-3-12(7-11)18-15-17-8-10-6-9(14(20)21)4-5-13(10)19-15/h1-3,7-9H,4-6H2,(H,20,21)(H,17,18,19). The fraction of sp³-hybridized carbons (Fsp3) is 0.267. The third-order valence-electron chi connectivity index (χ3n) is 3.58. The molecule has 3 rings (SSSR count). The maximum atomic E-state index is 11.0. The largest absolute Gasteiger partial charge is 0.481 e. The maximum Gasteiger partial charge on any atom is 0.306 e.